The van der Waals surface area contributed by atoms with Gasteiger partial charge in [0.15, 0.2) is 0 Å². The molecule has 8 heteroatoms. The summed E-state index contributed by atoms with van der Waals surface area (Å²) in [5.74, 6) is 0.173. The average Bonchev–Trinajstić information content (AvgIpc) is 3.29. The number of aromatic amines is 2. The second-order valence-corrected chi connectivity index (χ2v) is 5.87. The van der Waals surface area contributed by atoms with Gasteiger partial charge < -0.3 is 15.4 Å². The van der Waals surface area contributed by atoms with Gasteiger partial charge in [-0.2, -0.15) is 5.10 Å². The van der Waals surface area contributed by atoms with Gasteiger partial charge in [0, 0.05) is 11.9 Å². The summed E-state index contributed by atoms with van der Waals surface area (Å²) in [6.45, 7) is 1.64. The number of carbonyl (C=O) groups excluding carboxylic acids is 1. The predicted molar refractivity (Wildman–Crippen MR) is 96.5 cm³/mol. The van der Waals surface area contributed by atoms with Crippen molar-refractivity contribution in [1.29, 1.82) is 0 Å². The molecule has 0 aliphatic rings. The summed E-state index contributed by atoms with van der Waals surface area (Å²) in [6.07, 6.45) is 0.987. The van der Waals surface area contributed by atoms with Gasteiger partial charge in [-0.25, -0.2) is 4.98 Å². The number of aliphatic hydroxyl groups excluding tert-OH is 1. The van der Waals surface area contributed by atoms with Crippen LogP contribution in [0.25, 0.3) is 22.4 Å². The molecule has 3 heterocycles. The number of aliphatic hydroxyl groups is 1. The van der Waals surface area contributed by atoms with Crippen LogP contribution in [0.5, 0.6) is 0 Å². The first-order chi connectivity index (χ1) is 12.6. The van der Waals surface area contributed by atoms with Crippen molar-refractivity contribution in [1.82, 2.24) is 25.1 Å². The Kier molecular flexibility index (Phi) is 3.94. The van der Waals surface area contributed by atoms with Gasteiger partial charge in [-0.05, 0) is 43.3 Å². The number of anilines is 1. The average molecular weight is 348 g/mol. The highest BCUT2D eigenvalue weighted by atomic mass is 16.3. The molecule has 0 bridgehead atoms. The van der Waals surface area contributed by atoms with Crippen molar-refractivity contribution in [2.75, 3.05) is 5.32 Å². The van der Waals surface area contributed by atoms with Crippen molar-refractivity contribution in [3.63, 3.8) is 0 Å². The van der Waals surface area contributed by atoms with Crippen LogP contribution in [0, 0.1) is 0 Å². The molecule has 0 fully saturated rings. The van der Waals surface area contributed by atoms with Crippen LogP contribution in [0.1, 0.15) is 29.3 Å². The molecular formula is C18H16N6O2. The lowest BCUT2D eigenvalue weighted by molar-refractivity contribution is 0.102. The Morgan fingerprint density at radius 3 is 2.85 bits per heavy atom. The molecule has 1 amide bonds. The highest BCUT2D eigenvalue weighted by Gasteiger charge is 2.13. The van der Waals surface area contributed by atoms with Gasteiger partial charge in [0.2, 0.25) is 0 Å². The molecule has 0 saturated heterocycles. The molecule has 0 aliphatic carbocycles. The molecular weight excluding hydrogens is 332 g/mol. The third-order valence-electron chi connectivity index (χ3n) is 3.90. The fourth-order valence-electron chi connectivity index (χ4n) is 2.59. The summed E-state index contributed by atoms with van der Waals surface area (Å²) in [5, 5.41) is 19.3. The number of aromatic nitrogens is 5. The second kappa shape index (κ2) is 6.41. The van der Waals surface area contributed by atoms with Gasteiger partial charge in [-0.1, -0.05) is 6.07 Å². The number of rotatable bonds is 4. The highest BCUT2D eigenvalue weighted by molar-refractivity contribution is 6.04. The topological polar surface area (TPSA) is 120 Å². The van der Waals surface area contributed by atoms with E-state index in [0.29, 0.717) is 28.6 Å². The Hall–Kier alpha value is -3.52. The molecule has 3 aromatic heterocycles. The van der Waals surface area contributed by atoms with Gasteiger partial charge in [-0.3, -0.25) is 14.9 Å². The van der Waals surface area contributed by atoms with Crippen LogP contribution in [0.2, 0.25) is 0 Å². The first-order valence-corrected chi connectivity index (χ1v) is 8.06. The van der Waals surface area contributed by atoms with E-state index in [9.17, 15) is 9.90 Å². The van der Waals surface area contributed by atoms with Crippen LogP contribution in [0.4, 0.5) is 5.69 Å². The van der Waals surface area contributed by atoms with E-state index < -0.39 is 6.10 Å². The molecule has 4 aromatic rings. The summed E-state index contributed by atoms with van der Waals surface area (Å²) < 4.78 is 0. The van der Waals surface area contributed by atoms with Crippen molar-refractivity contribution in [2.24, 2.45) is 0 Å². The normalized spacial score (nSPS) is 12.2. The smallest absolute Gasteiger partial charge is 0.273 e. The number of imidazole rings is 1. The van der Waals surface area contributed by atoms with Crippen molar-refractivity contribution >= 4 is 22.6 Å². The number of amides is 1. The van der Waals surface area contributed by atoms with Crippen molar-refractivity contribution < 1.29 is 9.90 Å². The quantitative estimate of drug-likeness (QED) is 0.452. The fourth-order valence-corrected chi connectivity index (χ4v) is 2.59. The minimum absolute atomic E-state index is 0.311. The molecule has 26 heavy (non-hydrogen) atoms. The number of benzene rings is 1. The van der Waals surface area contributed by atoms with E-state index in [1.165, 1.54) is 0 Å². The Bertz CT molecular complexity index is 1070. The van der Waals surface area contributed by atoms with Crippen molar-refractivity contribution in [3.8, 4) is 11.4 Å². The summed E-state index contributed by atoms with van der Waals surface area (Å²) in [7, 11) is 0. The van der Waals surface area contributed by atoms with Gasteiger partial charge in [-0.15, -0.1) is 0 Å². The predicted octanol–water partition coefficient (Wildman–Crippen LogP) is 2.65. The monoisotopic (exact) mass is 348 g/mol. The summed E-state index contributed by atoms with van der Waals surface area (Å²) in [6, 6.07) is 12.4. The fraction of sp³-hybridized carbons (Fsp3) is 0.111. The SMILES string of the molecule is CC(O)c1nc2ccc(NC(=O)c3cc(-c4ccccn4)n[nH]3)cc2[nH]1. The number of carbonyl (C=O) groups is 1. The number of hydrogen-bond donors (Lipinski definition) is 4. The molecule has 0 radical (unpaired) electrons. The minimum Gasteiger partial charge on any atom is -0.385 e. The Morgan fingerprint density at radius 2 is 2.08 bits per heavy atom. The van der Waals surface area contributed by atoms with Crippen molar-refractivity contribution in [3.05, 3.63) is 60.2 Å². The van der Waals surface area contributed by atoms with Gasteiger partial charge in [0.25, 0.3) is 5.91 Å². The molecule has 4 N–H and O–H groups in total. The molecule has 4 rings (SSSR count). The summed E-state index contributed by atoms with van der Waals surface area (Å²) in [5.41, 5.74) is 3.68. The van der Waals surface area contributed by atoms with Crippen molar-refractivity contribution in [2.45, 2.75) is 13.0 Å². The zero-order valence-electron chi connectivity index (χ0n) is 13.9. The highest BCUT2D eigenvalue weighted by Crippen LogP contribution is 2.21. The Morgan fingerprint density at radius 1 is 1.19 bits per heavy atom. The van der Waals surface area contributed by atoms with Gasteiger partial charge in [0.05, 0.1) is 16.7 Å². The molecule has 1 unspecified atom stereocenters. The lowest BCUT2D eigenvalue weighted by Gasteiger charge is -2.03. The van der Waals surface area contributed by atoms with E-state index >= 15 is 0 Å². The maximum Gasteiger partial charge on any atom is 0.273 e. The molecule has 0 aliphatic heterocycles. The van der Waals surface area contributed by atoms with E-state index in [1.807, 2.05) is 18.2 Å². The molecule has 8 nitrogen and oxygen atoms in total. The molecule has 1 atom stereocenters. The van der Waals surface area contributed by atoms with Gasteiger partial charge >= 0.3 is 0 Å². The molecule has 1 aromatic carbocycles. The van der Waals surface area contributed by atoms with E-state index in [1.54, 1.807) is 37.4 Å². The third-order valence-corrected chi connectivity index (χ3v) is 3.90. The van der Waals surface area contributed by atoms with E-state index in [0.717, 1.165) is 11.0 Å². The molecule has 130 valence electrons. The van der Waals surface area contributed by atoms with Crippen LogP contribution in [0.15, 0.2) is 48.7 Å². The molecule has 0 saturated carbocycles. The van der Waals surface area contributed by atoms with E-state index in [4.69, 9.17) is 0 Å². The van der Waals surface area contributed by atoms with Crippen LogP contribution in [0.3, 0.4) is 0 Å². The maximum absolute atomic E-state index is 12.4. The van der Waals surface area contributed by atoms with Crippen LogP contribution in [-0.4, -0.2) is 36.2 Å². The first kappa shape index (κ1) is 16.0. The number of pyridine rings is 1. The zero-order chi connectivity index (χ0) is 18.1. The second-order valence-electron chi connectivity index (χ2n) is 5.87. The van der Waals surface area contributed by atoms with E-state index in [2.05, 4.69) is 30.5 Å². The third kappa shape index (κ3) is 3.05. The lowest BCUT2D eigenvalue weighted by Crippen LogP contribution is -2.12. The lowest BCUT2D eigenvalue weighted by atomic mass is 10.2. The first-order valence-electron chi connectivity index (χ1n) is 8.06. The largest absolute Gasteiger partial charge is 0.385 e. The number of nitrogens with zero attached hydrogens (tertiary/aromatic N) is 3. The number of H-pyrrole nitrogens is 2. The Balaban J connectivity index is 1.54. The number of hydrogen-bond acceptors (Lipinski definition) is 5. The van der Waals surface area contributed by atoms with Crippen LogP contribution in [-0.2, 0) is 0 Å². The summed E-state index contributed by atoms with van der Waals surface area (Å²) in [4.78, 5) is 24.0. The molecule has 0 spiro atoms. The number of fused-ring (bicyclic) bond motifs is 1. The number of nitrogens with one attached hydrogen (secondary N) is 3. The summed E-state index contributed by atoms with van der Waals surface area (Å²) >= 11 is 0. The van der Waals surface area contributed by atoms with Crippen LogP contribution < -0.4 is 5.32 Å². The standard InChI is InChI=1S/C18H16N6O2/c1-10(25)17-21-13-6-5-11(8-14(13)22-17)20-18(26)16-9-15(23-24-16)12-4-2-3-7-19-12/h2-10,25H,1H3,(H,20,26)(H,21,22)(H,23,24). The van der Waals surface area contributed by atoms with E-state index in [-0.39, 0.29) is 5.91 Å². The van der Waals surface area contributed by atoms with Gasteiger partial charge in [0.1, 0.15) is 23.3 Å². The maximum atomic E-state index is 12.4. The minimum atomic E-state index is -0.685. The Labute approximate surface area is 148 Å². The zero-order valence-corrected chi connectivity index (χ0v) is 13.9. The van der Waals surface area contributed by atoms with Crippen LogP contribution >= 0.6 is 0 Å².